The van der Waals surface area contributed by atoms with Gasteiger partial charge in [0.15, 0.2) is 0 Å². The number of hydrogen-bond donors (Lipinski definition) is 1. The van der Waals surface area contributed by atoms with Crippen LogP contribution in [0.5, 0.6) is 0 Å². The second-order valence-corrected chi connectivity index (χ2v) is 8.75. The quantitative estimate of drug-likeness (QED) is 0.761. The lowest BCUT2D eigenvalue weighted by Gasteiger charge is -2.30. The number of carbonyl (C=O) groups is 2. The molecule has 3 heterocycles. The van der Waals surface area contributed by atoms with Gasteiger partial charge in [-0.15, -0.1) is 0 Å². The number of alkyl halides is 3. The lowest BCUT2D eigenvalue weighted by molar-refractivity contribution is -0.192. The van der Waals surface area contributed by atoms with Gasteiger partial charge in [0.1, 0.15) is 5.76 Å². The Bertz CT molecular complexity index is 770. The van der Waals surface area contributed by atoms with Gasteiger partial charge in [-0.3, -0.25) is 9.69 Å². The summed E-state index contributed by atoms with van der Waals surface area (Å²) in [5, 5.41) is 11.2. The van der Waals surface area contributed by atoms with E-state index in [4.69, 9.17) is 14.4 Å². The van der Waals surface area contributed by atoms with Crippen molar-refractivity contribution in [2.75, 3.05) is 13.1 Å². The van der Waals surface area contributed by atoms with Crippen LogP contribution >= 0.6 is 0 Å². The number of nitrogens with zero attached hydrogens (tertiary/aromatic N) is 3. The number of hydrogen-bond acceptors (Lipinski definition) is 5. The maximum Gasteiger partial charge on any atom is 0.490 e. The Labute approximate surface area is 179 Å². The summed E-state index contributed by atoms with van der Waals surface area (Å²) >= 11 is 0. The van der Waals surface area contributed by atoms with E-state index < -0.39 is 12.1 Å². The predicted molar refractivity (Wildman–Crippen MR) is 105 cm³/mol. The number of aryl methyl sites for hydroxylation is 2. The van der Waals surface area contributed by atoms with E-state index in [-0.39, 0.29) is 0 Å². The fraction of sp³-hybridized carbons (Fsp3) is 0.762. The van der Waals surface area contributed by atoms with Crippen LogP contribution in [0.2, 0.25) is 0 Å². The van der Waals surface area contributed by atoms with Gasteiger partial charge in [-0.05, 0) is 39.0 Å². The first kappa shape index (κ1) is 23.6. The molecule has 2 saturated heterocycles. The zero-order chi connectivity index (χ0) is 22.8. The van der Waals surface area contributed by atoms with E-state index >= 15 is 0 Å². The first-order valence-corrected chi connectivity index (χ1v) is 10.8. The van der Waals surface area contributed by atoms with Crippen molar-refractivity contribution in [3.63, 3.8) is 0 Å². The Morgan fingerprint density at radius 2 is 1.81 bits per heavy atom. The second kappa shape index (κ2) is 9.58. The Kier molecular flexibility index (Phi) is 7.28. The van der Waals surface area contributed by atoms with Crippen LogP contribution in [0, 0.1) is 19.8 Å². The maximum absolute atomic E-state index is 12.6. The summed E-state index contributed by atoms with van der Waals surface area (Å²) in [6, 6.07) is 0.815. The highest BCUT2D eigenvalue weighted by molar-refractivity contribution is 5.80. The van der Waals surface area contributed by atoms with Crippen LogP contribution in [-0.2, 0) is 16.1 Å². The van der Waals surface area contributed by atoms with Crippen LogP contribution < -0.4 is 0 Å². The molecule has 0 spiro atoms. The minimum atomic E-state index is -5.08. The molecular formula is C21H30F3N3O4. The smallest absolute Gasteiger partial charge is 0.475 e. The molecule has 1 aliphatic carbocycles. The fourth-order valence-corrected chi connectivity index (χ4v) is 5.04. The highest BCUT2D eigenvalue weighted by Crippen LogP contribution is 2.36. The number of carbonyl (C=O) groups excluding carboxylic acids is 1. The maximum atomic E-state index is 12.6. The zero-order valence-corrected chi connectivity index (χ0v) is 18.0. The highest BCUT2D eigenvalue weighted by atomic mass is 19.4. The van der Waals surface area contributed by atoms with Gasteiger partial charge in [0, 0.05) is 37.2 Å². The average Bonchev–Trinajstić information content (AvgIpc) is 3.33. The van der Waals surface area contributed by atoms with Crippen LogP contribution in [0.4, 0.5) is 13.2 Å². The largest absolute Gasteiger partial charge is 0.490 e. The van der Waals surface area contributed by atoms with Crippen molar-refractivity contribution >= 4 is 11.9 Å². The van der Waals surface area contributed by atoms with Gasteiger partial charge in [0.25, 0.3) is 0 Å². The molecule has 3 aliphatic rings. The van der Waals surface area contributed by atoms with Gasteiger partial charge in [0.2, 0.25) is 5.91 Å². The van der Waals surface area contributed by atoms with Gasteiger partial charge < -0.3 is 14.5 Å². The van der Waals surface area contributed by atoms with E-state index in [0.717, 1.165) is 35.9 Å². The van der Waals surface area contributed by atoms with Gasteiger partial charge in [-0.25, -0.2) is 4.79 Å². The standard InChI is InChI=1S/C19H29N3O2.C2HF3O2/c1-13-16(14(2)24-20-13)12-22-17-8-9-21(18(17)10-19(22)23)11-15-6-4-3-5-7-15;3-2(4,5)1(6)7/h15,17-18H,3-12H2,1-2H3;(H,6,7)/t17-,18-;/m0./s1. The molecule has 31 heavy (non-hydrogen) atoms. The molecule has 2 atom stereocenters. The number of carboxylic acid groups (broad SMARTS) is 1. The van der Waals surface area contributed by atoms with Crippen LogP contribution in [0.25, 0.3) is 0 Å². The van der Waals surface area contributed by atoms with Gasteiger partial charge >= 0.3 is 12.1 Å². The third-order valence-corrected chi connectivity index (χ3v) is 6.70. The topological polar surface area (TPSA) is 86.9 Å². The van der Waals surface area contributed by atoms with E-state index in [1.165, 1.54) is 38.6 Å². The van der Waals surface area contributed by atoms with Gasteiger partial charge in [0.05, 0.1) is 12.2 Å². The summed E-state index contributed by atoms with van der Waals surface area (Å²) in [5.41, 5.74) is 2.01. The van der Waals surface area contributed by atoms with Crippen molar-refractivity contribution in [3.05, 3.63) is 17.0 Å². The summed E-state index contributed by atoms with van der Waals surface area (Å²) in [5.74, 6) is -0.754. The Morgan fingerprint density at radius 3 is 2.35 bits per heavy atom. The minimum absolute atomic E-state index is 0.304. The Morgan fingerprint density at radius 1 is 1.16 bits per heavy atom. The van der Waals surface area contributed by atoms with Crippen LogP contribution in [0.1, 0.15) is 62.0 Å². The molecular weight excluding hydrogens is 415 g/mol. The summed E-state index contributed by atoms with van der Waals surface area (Å²) in [7, 11) is 0. The second-order valence-electron chi connectivity index (χ2n) is 8.75. The van der Waals surface area contributed by atoms with E-state index in [2.05, 4.69) is 15.0 Å². The average molecular weight is 445 g/mol. The summed E-state index contributed by atoms with van der Waals surface area (Å²) in [6.07, 6.45) is 3.68. The molecule has 2 aliphatic heterocycles. The van der Waals surface area contributed by atoms with E-state index in [1.807, 2.05) is 13.8 Å². The SMILES string of the molecule is Cc1noc(C)c1CN1C(=O)C[C@H]2[C@@H]1CCN2CC1CCCCC1.O=C(O)C(F)(F)F. The fourth-order valence-electron chi connectivity index (χ4n) is 5.04. The molecule has 0 aromatic carbocycles. The number of carboxylic acids is 1. The first-order chi connectivity index (χ1) is 14.6. The van der Waals surface area contributed by atoms with E-state index in [9.17, 15) is 18.0 Å². The number of halogens is 3. The zero-order valence-electron chi connectivity index (χ0n) is 18.0. The molecule has 0 bridgehead atoms. The number of aliphatic carboxylic acids is 1. The van der Waals surface area contributed by atoms with Crippen molar-refractivity contribution in [2.24, 2.45) is 5.92 Å². The number of likely N-dealkylation sites (tertiary alicyclic amines) is 2. The molecule has 1 N–H and O–H groups in total. The number of rotatable bonds is 4. The van der Waals surface area contributed by atoms with Crippen molar-refractivity contribution in [3.8, 4) is 0 Å². The number of fused-ring (bicyclic) bond motifs is 1. The van der Waals surface area contributed by atoms with Crippen molar-refractivity contribution < 1.29 is 32.4 Å². The molecule has 174 valence electrons. The molecule has 1 aromatic rings. The molecule has 4 rings (SSSR count). The molecule has 0 unspecified atom stereocenters. The number of aromatic nitrogens is 1. The third-order valence-electron chi connectivity index (χ3n) is 6.70. The minimum Gasteiger partial charge on any atom is -0.475 e. The highest BCUT2D eigenvalue weighted by Gasteiger charge is 2.47. The summed E-state index contributed by atoms with van der Waals surface area (Å²) < 4.78 is 37.0. The molecule has 10 heteroatoms. The third kappa shape index (κ3) is 5.58. The van der Waals surface area contributed by atoms with Crippen molar-refractivity contribution in [1.29, 1.82) is 0 Å². The molecule has 1 aromatic heterocycles. The van der Waals surface area contributed by atoms with Crippen molar-refractivity contribution in [1.82, 2.24) is 15.0 Å². The molecule has 3 fully saturated rings. The van der Waals surface area contributed by atoms with Crippen LogP contribution in [0.15, 0.2) is 4.52 Å². The molecule has 1 amide bonds. The van der Waals surface area contributed by atoms with Gasteiger partial charge in [-0.1, -0.05) is 24.4 Å². The molecule has 1 saturated carbocycles. The van der Waals surface area contributed by atoms with E-state index in [1.54, 1.807) is 0 Å². The lowest BCUT2D eigenvalue weighted by Crippen LogP contribution is -2.39. The van der Waals surface area contributed by atoms with Crippen LogP contribution in [0.3, 0.4) is 0 Å². The van der Waals surface area contributed by atoms with Crippen LogP contribution in [-0.4, -0.2) is 63.3 Å². The Hall–Kier alpha value is -2.10. The normalized spacial score (nSPS) is 24.8. The lowest BCUT2D eigenvalue weighted by atomic mass is 9.89. The molecule has 0 radical (unpaired) electrons. The molecule has 7 nitrogen and oxygen atoms in total. The predicted octanol–water partition coefficient (Wildman–Crippen LogP) is 3.68. The Balaban J connectivity index is 0.000000339. The first-order valence-electron chi connectivity index (χ1n) is 10.8. The summed E-state index contributed by atoms with van der Waals surface area (Å²) in [6.45, 7) is 6.93. The summed E-state index contributed by atoms with van der Waals surface area (Å²) in [4.78, 5) is 26.2. The van der Waals surface area contributed by atoms with Gasteiger partial charge in [-0.2, -0.15) is 13.2 Å². The van der Waals surface area contributed by atoms with E-state index in [0.29, 0.717) is 31.0 Å². The monoisotopic (exact) mass is 445 g/mol. The van der Waals surface area contributed by atoms with Crippen molar-refractivity contribution in [2.45, 2.75) is 83.6 Å². The number of amides is 1.